The van der Waals surface area contributed by atoms with E-state index in [1.807, 2.05) is 24.3 Å². The summed E-state index contributed by atoms with van der Waals surface area (Å²) in [6.45, 7) is 0.159. The van der Waals surface area contributed by atoms with Gasteiger partial charge in [-0.05, 0) is 36.4 Å². The van der Waals surface area contributed by atoms with Crippen molar-refractivity contribution in [3.8, 4) is 16.9 Å². The summed E-state index contributed by atoms with van der Waals surface area (Å²) < 4.78 is 6.39. The molecule has 0 saturated heterocycles. The highest BCUT2D eigenvalue weighted by Crippen LogP contribution is 2.32. The quantitative estimate of drug-likeness (QED) is 0.289. The van der Waals surface area contributed by atoms with E-state index < -0.39 is 11.8 Å². The molecule has 0 fully saturated rings. The molecule has 5 rings (SSSR count). The molecule has 0 saturated carbocycles. The van der Waals surface area contributed by atoms with Gasteiger partial charge in [-0.3, -0.25) is 14.6 Å². The van der Waals surface area contributed by atoms with Crippen molar-refractivity contribution in [3.05, 3.63) is 113 Å². The van der Waals surface area contributed by atoms with Gasteiger partial charge in [-0.2, -0.15) is 5.10 Å². The van der Waals surface area contributed by atoms with Gasteiger partial charge in [0.2, 0.25) is 0 Å². The van der Waals surface area contributed by atoms with Crippen LogP contribution in [0.5, 0.6) is 0 Å². The molecule has 0 radical (unpaired) electrons. The van der Waals surface area contributed by atoms with Gasteiger partial charge >= 0.3 is 0 Å². The normalized spacial score (nSPS) is 10.8. The monoisotopic (exact) mass is 532 g/mol. The second-order valence-corrected chi connectivity index (χ2v) is 8.62. The third-order valence-electron chi connectivity index (χ3n) is 5.34. The number of aromatic nitrogens is 4. The van der Waals surface area contributed by atoms with E-state index in [0.29, 0.717) is 27.7 Å². The minimum Gasteiger partial charge on any atom is -0.451 e. The minimum absolute atomic E-state index is 0.0963. The number of halogens is 2. The van der Waals surface area contributed by atoms with Crippen molar-refractivity contribution in [1.29, 1.82) is 0 Å². The van der Waals surface area contributed by atoms with E-state index in [1.165, 1.54) is 29.5 Å². The molecule has 0 aliphatic carbocycles. The molecular formula is C26H18Cl2N6O3. The fourth-order valence-corrected chi connectivity index (χ4v) is 4.12. The van der Waals surface area contributed by atoms with E-state index in [-0.39, 0.29) is 28.6 Å². The van der Waals surface area contributed by atoms with Gasteiger partial charge in [0.15, 0.2) is 12.1 Å². The molecule has 2 N–H and O–H groups in total. The number of carbonyl (C=O) groups is 2. The summed E-state index contributed by atoms with van der Waals surface area (Å²) in [6, 6.07) is 19.0. The van der Waals surface area contributed by atoms with E-state index in [9.17, 15) is 9.59 Å². The minimum atomic E-state index is -0.509. The molecule has 2 amide bonds. The van der Waals surface area contributed by atoms with Crippen LogP contribution in [-0.2, 0) is 6.54 Å². The van der Waals surface area contributed by atoms with Crippen LogP contribution in [0.25, 0.3) is 16.9 Å². The van der Waals surface area contributed by atoms with E-state index in [2.05, 4.69) is 25.7 Å². The number of benzene rings is 2. The van der Waals surface area contributed by atoms with Crippen LogP contribution in [0.15, 0.2) is 90.0 Å². The molecule has 0 spiro atoms. The number of rotatable bonds is 7. The Bertz CT molecular complexity index is 1550. The van der Waals surface area contributed by atoms with Gasteiger partial charge in [-0.1, -0.05) is 47.5 Å². The third-order valence-corrected chi connectivity index (χ3v) is 5.97. The topological polar surface area (TPSA) is 115 Å². The van der Waals surface area contributed by atoms with E-state index in [1.54, 1.807) is 36.5 Å². The standard InChI is InChI=1S/C26H18Cl2N6O3/c27-20-11-21(28)19(10-18(20)22-8-4-5-9-29-22)25(35)32-24-12-23(26(36)30-13-16-14-37-15-31-16)33-34(24)17-6-2-1-3-7-17/h1-12,14-15H,13H2,(H,30,36)(H,32,35). The van der Waals surface area contributed by atoms with Crippen molar-refractivity contribution in [2.24, 2.45) is 0 Å². The van der Waals surface area contributed by atoms with Crippen molar-refractivity contribution >= 4 is 40.8 Å². The Hall–Kier alpha value is -4.47. The van der Waals surface area contributed by atoms with Gasteiger partial charge in [0, 0.05) is 17.8 Å². The molecule has 2 aromatic carbocycles. The number of carbonyl (C=O) groups excluding carboxylic acids is 2. The second kappa shape index (κ2) is 10.7. The van der Waals surface area contributed by atoms with Crippen molar-refractivity contribution in [1.82, 2.24) is 25.1 Å². The molecule has 11 heteroatoms. The molecule has 0 unspecified atom stereocenters. The summed E-state index contributed by atoms with van der Waals surface area (Å²) in [4.78, 5) is 34.4. The van der Waals surface area contributed by atoms with Gasteiger partial charge < -0.3 is 15.1 Å². The van der Waals surface area contributed by atoms with Crippen LogP contribution in [-0.4, -0.2) is 31.6 Å². The highest BCUT2D eigenvalue weighted by molar-refractivity contribution is 6.38. The lowest BCUT2D eigenvalue weighted by molar-refractivity contribution is 0.0944. The van der Waals surface area contributed by atoms with Crippen LogP contribution in [0.1, 0.15) is 26.5 Å². The van der Waals surface area contributed by atoms with Crippen molar-refractivity contribution in [2.75, 3.05) is 5.32 Å². The Balaban J connectivity index is 1.46. The summed E-state index contributed by atoms with van der Waals surface area (Å²) >= 11 is 12.8. The Morgan fingerprint density at radius 1 is 0.919 bits per heavy atom. The number of hydrogen-bond donors (Lipinski definition) is 2. The smallest absolute Gasteiger partial charge is 0.272 e. The summed E-state index contributed by atoms with van der Waals surface area (Å²) in [5, 5.41) is 10.5. The maximum Gasteiger partial charge on any atom is 0.272 e. The lowest BCUT2D eigenvalue weighted by Gasteiger charge is -2.12. The van der Waals surface area contributed by atoms with E-state index in [4.69, 9.17) is 27.6 Å². The molecule has 184 valence electrons. The van der Waals surface area contributed by atoms with Crippen molar-refractivity contribution in [2.45, 2.75) is 6.54 Å². The highest BCUT2D eigenvalue weighted by atomic mass is 35.5. The second-order valence-electron chi connectivity index (χ2n) is 7.81. The third kappa shape index (κ3) is 5.37. The first-order valence-electron chi connectivity index (χ1n) is 11.0. The number of hydrogen-bond acceptors (Lipinski definition) is 6. The van der Waals surface area contributed by atoms with Crippen LogP contribution in [0, 0.1) is 0 Å². The molecule has 37 heavy (non-hydrogen) atoms. The zero-order valence-electron chi connectivity index (χ0n) is 19.1. The fourth-order valence-electron chi connectivity index (χ4n) is 3.56. The average Bonchev–Trinajstić information content (AvgIpc) is 3.59. The molecule has 0 aliphatic heterocycles. The summed E-state index contributed by atoms with van der Waals surface area (Å²) in [7, 11) is 0. The first kappa shape index (κ1) is 24.2. The number of oxazole rings is 1. The molecular weight excluding hydrogens is 515 g/mol. The molecule has 0 aliphatic rings. The number of nitrogens with zero attached hydrogens (tertiary/aromatic N) is 4. The molecule has 3 aromatic heterocycles. The van der Waals surface area contributed by atoms with Gasteiger partial charge in [-0.15, -0.1) is 0 Å². The van der Waals surface area contributed by atoms with Gasteiger partial charge in [0.25, 0.3) is 11.8 Å². The van der Waals surface area contributed by atoms with Crippen LogP contribution in [0.2, 0.25) is 10.0 Å². The average molecular weight is 533 g/mol. The molecule has 0 bridgehead atoms. The van der Waals surface area contributed by atoms with Crippen LogP contribution in [0.3, 0.4) is 0 Å². The lowest BCUT2D eigenvalue weighted by Crippen LogP contribution is -2.23. The van der Waals surface area contributed by atoms with Gasteiger partial charge in [0.1, 0.15) is 12.1 Å². The fraction of sp³-hybridized carbons (Fsp3) is 0.0385. The van der Waals surface area contributed by atoms with Crippen LogP contribution >= 0.6 is 23.2 Å². The van der Waals surface area contributed by atoms with Crippen molar-refractivity contribution < 1.29 is 14.0 Å². The summed E-state index contributed by atoms with van der Waals surface area (Å²) in [5.74, 6) is -0.686. The largest absolute Gasteiger partial charge is 0.451 e. The molecule has 3 heterocycles. The maximum absolute atomic E-state index is 13.4. The zero-order valence-corrected chi connectivity index (χ0v) is 20.6. The van der Waals surface area contributed by atoms with E-state index >= 15 is 0 Å². The van der Waals surface area contributed by atoms with Crippen LogP contribution < -0.4 is 10.6 Å². The maximum atomic E-state index is 13.4. The Morgan fingerprint density at radius 3 is 2.46 bits per heavy atom. The predicted octanol–water partition coefficient (Wildman–Crippen LogP) is 5.41. The first-order valence-corrected chi connectivity index (χ1v) is 11.8. The highest BCUT2D eigenvalue weighted by Gasteiger charge is 2.21. The Kier molecular flexibility index (Phi) is 6.98. The predicted molar refractivity (Wildman–Crippen MR) is 139 cm³/mol. The number of nitrogens with one attached hydrogen (secondary N) is 2. The SMILES string of the molecule is O=C(NCc1cocn1)c1cc(NC(=O)c2cc(-c3ccccn3)c(Cl)cc2Cl)n(-c2ccccc2)n1. The van der Waals surface area contributed by atoms with Crippen LogP contribution in [0.4, 0.5) is 5.82 Å². The zero-order chi connectivity index (χ0) is 25.8. The Morgan fingerprint density at radius 2 is 1.73 bits per heavy atom. The van der Waals surface area contributed by atoms with E-state index in [0.717, 1.165) is 0 Å². The number of pyridine rings is 1. The van der Waals surface area contributed by atoms with Crippen molar-refractivity contribution in [3.63, 3.8) is 0 Å². The Labute approximate surface area is 221 Å². The number of para-hydroxylation sites is 1. The first-order chi connectivity index (χ1) is 18.0. The van der Waals surface area contributed by atoms with Gasteiger partial charge in [0.05, 0.1) is 39.2 Å². The number of anilines is 1. The summed E-state index contributed by atoms with van der Waals surface area (Å²) in [5.41, 5.74) is 2.64. The molecule has 9 nitrogen and oxygen atoms in total. The summed E-state index contributed by atoms with van der Waals surface area (Å²) in [6.07, 6.45) is 4.34. The molecule has 5 aromatic rings. The van der Waals surface area contributed by atoms with Gasteiger partial charge in [-0.25, -0.2) is 9.67 Å². The molecule has 0 atom stereocenters. The lowest BCUT2D eigenvalue weighted by atomic mass is 10.1. The number of amides is 2.